The third-order valence-electron chi connectivity index (χ3n) is 3.77. The molecule has 10 heteroatoms. The Bertz CT molecular complexity index is 945. The van der Waals surface area contributed by atoms with Gasteiger partial charge in [0.05, 0.1) is 18.1 Å². The van der Waals surface area contributed by atoms with Gasteiger partial charge in [-0.1, -0.05) is 0 Å². The number of hydrogen-bond donors (Lipinski definition) is 2. The van der Waals surface area contributed by atoms with Gasteiger partial charge in [-0.25, -0.2) is 19.4 Å². The highest BCUT2D eigenvalue weighted by Crippen LogP contribution is 2.14. The van der Waals surface area contributed by atoms with Crippen LogP contribution in [0, 0.1) is 0 Å². The van der Waals surface area contributed by atoms with Crippen LogP contribution in [0.25, 0.3) is 10.2 Å². The molecule has 3 rings (SSSR count). The lowest BCUT2D eigenvalue weighted by Gasteiger charge is -2.20. The fraction of sp³-hybridized carbons (Fsp3) is 0.400. The van der Waals surface area contributed by atoms with E-state index in [0.29, 0.717) is 28.4 Å². The van der Waals surface area contributed by atoms with Crippen LogP contribution in [-0.4, -0.2) is 42.7 Å². The number of carbonyl (C=O) groups is 1. The molecule has 3 heterocycles. The number of fused-ring (bicyclic) bond motifs is 1. The predicted molar refractivity (Wildman–Crippen MR) is 94.4 cm³/mol. The van der Waals surface area contributed by atoms with Crippen LogP contribution in [0.2, 0.25) is 0 Å². The Kier molecular flexibility index (Phi) is 4.79. The number of nitrogens with zero attached hydrogens (tertiary/aromatic N) is 5. The molecule has 0 aliphatic rings. The summed E-state index contributed by atoms with van der Waals surface area (Å²) >= 11 is 1.34. The van der Waals surface area contributed by atoms with Gasteiger partial charge >= 0.3 is 6.03 Å². The second-order valence-electron chi connectivity index (χ2n) is 5.61. The summed E-state index contributed by atoms with van der Waals surface area (Å²) in [5, 5.41) is 8.79. The maximum absolute atomic E-state index is 12.4. The van der Waals surface area contributed by atoms with Crippen LogP contribution in [0.5, 0.6) is 0 Å². The van der Waals surface area contributed by atoms with Crippen LogP contribution >= 0.6 is 11.3 Å². The highest BCUT2D eigenvalue weighted by molar-refractivity contribution is 7.17. The normalized spacial score (nSPS) is 12.3. The molecule has 1 atom stereocenters. The SMILES string of the molecule is CCn1ncnc1[C@@H](C)NC(=O)N(C)Cc1nc2ccsc2c(=O)[nH]1. The lowest BCUT2D eigenvalue weighted by Crippen LogP contribution is -2.39. The second kappa shape index (κ2) is 7.01. The van der Waals surface area contributed by atoms with Crippen LogP contribution < -0.4 is 10.9 Å². The topological polar surface area (TPSA) is 109 Å². The van der Waals surface area contributed by atoms with Gasteiger partial charge in [-0.15, -0.1) is 11.3 Å². The molecule has 0 aliphatic carbocycles. The number of aromatic amines is 1. The number of urea groups is 1. The summed E-state index contributed by atoms with van der Waals surface area (Å²) in [6.45, 7) is 4.68. The first-order valence-corrected chi connectivity index (χ1v) is 8.73. The van der Waals surface area contributed by atoms with E-state index in [1.807, 2.05) is 19.2 Å². The fourth-order valence-corrected chi connectivity index (χ4v) is 3.23. The maximum Gasteiger partial charge on any atom is 0.318 e. The van der Waals surface area contributed by atoms with E-state index in [2.05, 4.69) is 25.4 Å². The van der Waals surface area contributed by atoms with E-state index in [4.69, 9.17) is 0 Å². The van der Waals surface area contributed by atoms with Crippen molar-refractivity contribution in [2.24, 2.45) is 0 Å². The van der Waals surface area contributed by atoms with Gasteiger partial charge in [-0.3, -0.25) is 4.79 Å². The average molecular weight is 361 g/mol. The van der Waals surface area contributed by atoms with Crippen molar-refractivity contribution in [1.82, 2.24) is 34.9 Å². The van der Waals surface area contributed by atoms with Crippen molar-refractivity contribution < 1.29 is 4.79 Å². The molecule has 3 aromatic rings. The third kappa shape index (κ3) is 3.53. The van der Waals surface area contributed by atoms with Gasteiger partial charge in [0, 0.05) is 13.6 Å². The fourth-order valence-electron chi connectivity index (χ4n) is 2.51. The molecule has 0 spiro atoms. The first-order valence-electron chi connectivity index (χ1n) is 7.85. The first-order chi connectivity index (χ1) is 12.0. The van der Waals surface area contributed by atoms with E-state index < -0.39 is 0 Å². The molecular weight excluding hydrogens is 342 g/mol. The summed E-state index contributed by atoms with van der Waals surface area (Å²) < 4.78 is 2.32. The van der Waals surface area contributed by atoms with Crippen molar-refractivity contribution in [2.75, 3.05) is 7.05 Å². The molecule has 0 aromatic carbocycles. The Morgan fingerprint density at radius 2 is 2.32 bits per heavy atom. The molecule has 9 nitrogen and oxygen atoms in total. The van der Waals surface area contributed by atoms with E-state index in [0.717, 1.165) is 0 Å². The van der Waals surface area contributed by atoms with E-state index in [-0.39, 0.29) is 24.2 Å². The molecule has 0 aliphatic heterocycles. The molecule has 0 unspecified atom stereocenters. The number of nitrogens with one attached hydrogen (secondary N) is 2. The van der Waals surface area contributed by atoms with Gasteiger partial charge in [0.15, 0.2) is 0 Å². The summed E-state index contributed by atoms with van der Waals surface area (Å²) in [5.74, 6) is 1.13. The van der Waals surface area contributed by atoms with Crippen LogP contribution in [0.15, 0.2) is 22.6 Å². The Morgan fingerprint density at radius 3 is 3.08 bits per heavy atom. The minimum absolute atomic E-state index is 0.187. The molecule has 25 heavy (non-hydrogen) atoms. The van der Waals surface area contributed by atoms with Gasteiger partial charge in [0.25, 0.3) is 5.56 Å². The molecule has 2 N–H and O–H groups in total. The number of aryl methyl sites for hydroxylation is 1. The number of rotatable bonds is 5. The summed E-state index contributed by atoms with van der Waals surface area (Å²) in [6, 6.07) is 1.22. The summed E-state index contributed by atoms with van der Waals surface area (Å²) in [5.41, 5.74) is 0.454. The third-order valence-corrected chi connectivity index (χ3v) is 4.67. The van der Waals surface area contributed by atoms with E-state index in [1.165, 1.54) is 22.6 Å². The van der Waals surface area contributed by atoms with Gasteiger partial charge in [-0.2, -0.15) is 5.10 Å². The molecular formula is C15H19N7O2S. The summed E-state index contributed by atoms with van der Waals surface area (Å²) in [6.07, 6.45) is 1.47. The molecule has 0 radical (unpaired) electrons. The van der Waals surface area contributed by atoms with Crippen LogP contribution in [0.4, 0.5) is 4.79 Å². The zero-order valence-corrected chi connectivity index (χ0v) is 15.0. The Labute approximate surface area is 147 Å². The average Bonchev–Trinajstić information content (AvgIpc) is 3.23. The van der Waals surface area contributed by atoms with E-state index >= 15 is 0 Å². The Hall–Kier alpha value is -2.75. The maximum atomic E-state index is 12.4. The van der Waals surface area contributed by atoms with Crippen LogP contribution in [0.3, 0.4) is 0 Å². The van der Waals surface area contributed by atoms with Crippen molar-refractivity contribution in [3.05, 3.63) is 39.8 Å². The number of amides is 2. The minimum atomic E-state index is -0.288. The number of H-pyrrole nitrogens is 1. The number of hydrogen-bond acceptors (Lipinski definition) is 6. The monoisotopic (exact) mass is 361 g/mol. The lowest BCUT2D eigenvalue weighted by atomic mass is 10.3. The molecule has 2 amide bonds. The highest BCUT2D eigenvalue weighted by Gasteiger charge is 2.18. The number of carbonyl (C=O) groups excluding carboxylic acids is 1. The van der Waals surface area contributed by atoms with Crippen molar-refractivity contribution in [3.63, 3.8) is 0 Å². The van der Waals surface area contributed by atoms with Gasteiger partial charge in [0.1, 0.15) is 22.7 Å². The number of aromatic nitrogens is 5. The molecule has 0 saturated heterocycles. The second-order valence-corrected chi connectivity index (χ2v) is 6.52. The Balaban J connectivity index is 1.68. The zero-order valence-electron chi connectivity index (χ0n) is 14.2. The van der Waals surface area contributed by atoms with Crippen molar-refractivity contribution in [1.29, 1.82) is 0 Å². The van der Waals surface area contributed by atoms with E-state index in [1.54, 1.807) is 17.8 Å². The molecule has 0 fully saturated rings. The smallest absolute Gasteiger partial charge is 0.318 e. The summed E-state index contributed by atoms with van der Waals surface area (Å²) in [7, 11) is 1.64. The van der Waals surface area contributed by atoms with Crippen LogP contribution in [0.1, 0.15) is 31.5 Å². The van der Waals surface area contributed by atoms with Gasteiger partial charge < -0.3 is 15.2 Å². The minimum Gasteiger partial charge on any atom is -0.328 e. The highest BCUT2D eigenvalue weighted by atomic mass is 32.1. The van der Waals surface area contributed by atoms with Crippen molar-refractivity contribution in [3.8, 4) is 0 Å². The largest absolute Gasteiger partial charge is 0.328 e. The van der Waals surface area contributed by atoms with Crippen LogP contribution in [-0.2, 0) is 13.1 Å². The van der Waals surface area contributed by atoms with E-state index in [9.17, 15) is 9.59 Å². The van der Waals surface area contributed by atoms with Gasteiger partial charge in [-0.05, 0) is 25.3 Å². The molecule has 0 saturated carbocycles. The first kappa shape index (κ1) is 17.1. The standard InChI is InChI=1S/C15H19N7O2S/c1-4-22-13(16-8-17-22)9(2)18-15(24)21(3)7-11-19-10-5-6-25-12(10)14(23)20-11/h5-6,8-9H,4,7H2,1-3H3,(H,18,24)(H,19,20,23)/t9-/m1/s1. The predicted octanol–water partition coefficient (Wildman–Crippen LogP) is 1.50. The van der Waals surface area contributed by atoms with Crippen molar-refractivity contribution in [2.45, 2.75) is 33.0 Å². The zero-order chi connectivity index (χ0) is 18.0. The van der Waals surface area contributed by atoms with Gasteiger partial charge in [0.2, 0.25) is 0 Å². The number of thiophene rings is 1. The Morgan fingerprint density at radius 1 is 1.52 bits per heavy atom. The summed E-state index contributed by atoms with van der Waals surface area (Å²) in [4.78, 5) is 37.1. The molecule has 132 valence electrons. The molecule has 0 bridgehead atoms. The lowest BCUT2D eigenvalue weighted by molar-refractivity contribution is 0.201. The quantitative estimate of drug-likeness (QED) is 0.716. The molecule has 3 aromatic heterocycles. The van der Waals surface area contributed by atoms with Crippen molar-refractivity contribution >= 4 is 27.6 Å².